The van der Waals surface area contributed by atoms with Gasteiger partial charge in [-0.2, -0.15) is 0 Å². The molecular weight excluding hydrogens is 322 g/mol. The predicted octanol–water partition coefficient (Wildman–Crippen LogP) is 2.66. The van der Waals surface area contributed by atoms with Gasteiger partial charge in [0.2, 0.25) is 5.91 Å². The quantitative estimate of drug-likeness (QED) is 0.816. The van der Waals surface area contributed by atoms with Crippen molar-refractivity contribution < 1.29 is 4.79 Å². The average molecular weight is 356 g/mol. The largest absolute Gasteiger partial charge is 0.358 e. The van der Waals surface area contributed by atoms with Gasteiger partial charge in [0.05, 0.1) is 6.04 Å². The van der Waals surface area contributed by atoms with Crippen molar-refractivity contribution in [2.75, 3.05) is 13.6 Å². The maximum absolute atomic E-state index is 12.6. The summed E-state index contributed by atoms with van der Waals surface area (Å²) in [7, 11) is 1.77. The van der Waals surface area contributed by atoms with E-state index in [0.717, 1.165) is 25.8 Å². The lowest BCUT2D eigenvalue weighted by Crippen LogP contribution is -2.47. The van der Waals surface area contributed by atoms with Crippen molar-refractivity contribution >= 4 is 5.91 Å². The number of carbonyl (C=O) groups is 1. The first kappa shape index (κ1) is 18.0. The lowest BCUT2D eigenvalue weighted by atomic mass is 10.1. The van der Waals surface area contributed by atoms with Gasteiger partial charge in [-0.05, 0) is 43.2 Å². The van der Waals surface area contributed by atoms with E-state index in [-0.39, 0.29) is 11.9 Å². The van der Waals surface area contributed by atoms with Crippen molar-refractivity contribution in [1.29, 1.82) is 0 Å². The normalized spacial score (nSPS) is 28.0. The molecule has 4 heteroatoms. The van der Waals surface area contributed by atoms with Crippen LogP contribution in [0.3, 0.4) is 0 Å². The Hall–Kier alpha value is -1.39. The Balaban J connectivity index is 1.43. The zero-order chi connectivity index (χ0) is 17.9. The maximum atomic E-state index is 12.6. The summed E-state index contributed by atoms with van der Waals surface area (Å²) in [6, 6.07) is 10.4. The molecule has 1 saturated carbocycles. The van der Waals surface area contributed by atoms with Crippen LogP contribution in [0.2, 0.25) is 0 Å². The summed E-state index contributed by atoms with van der Waals surface area (Å²) in [4.78, 5) is 15.1. The van der Waals surface area contributed by atoms with E-state index in [9.17, 15) is 4.79 Å². The third-order valence-electron chi connectivity index (χ3n) is 6.71. The predicted molar refractivity (Wildman–Crippen MR) is 105 cm³/mol. The molecule has 1 aromatic rings. The molecule has 1 aliphatic heterocycles. The Labute approximate surface area is 157 Å². The Morgan fingerprint density at radius 3 is 2.27 bits per heavy atom. The summed E-state index contributed by atoms with van der Waals surface area (Å²) < 4.78 is 0. The van der Waals surface area contributed by atoms with Crippen molar-refractivity contribution in [2.45, 2.75) is 82.0 Å². The Kier molecular flexibility index (Phi) is 5.60. The third-order valence-corrected chi connectivity index (χ3v) is 6.71. The second kappa shape index (κ2) is 8.10. The molecular formula is C22H33N3O. The van der Waals surface area contributed by atoms with Gasteiger partial charge in [0, 0.05) is 31.7 Å². The lowest BCUT2D eigenvalue weighted by Gasteiger charge is -2.29. The van der Waals surface area contributed by atoms with E-state index < -0.39 is 0 Å². The van der Waals surface area contributed by atoms with Crippen LogP contribution in [0.5, 0.6) is 0 Å². The molecule has 1 heterocycles. The third kappa shape index (κ3) is 3.81. The van der Waals surface area contributed by atoms with Crippen LogP contribution >= 0.6 is 0 Å². The molecule has 0 radical (unpaired) electrons. The monoisotopic (exact) mass is 355 g/mol. The summed E-state index contributed by atoms with van der Waals surface area (Å²) in [6.45, 7) is 1.01. The summed E-state index contributed by atoms with van der Waals surface area (Å²) in [5.41, 5.74) is 2.93. The van der Waals surface area contributed by atoms with E-state index >= 15 is 0 Å². The van der Waals surface area contributed by atoms with Crippen molar-refractivity contribution in [2.24, 2.45) is 0 Å². The van der Waals surface area contributed by atoms with Crippen molar-refractivity contribution in [3.05, 3.63) is 35.4 Å². The minimum atomic E-state index is 0.0163. The van der Waals surface area contributed by atoms with Crippen molar-refractivity contribution in [3.8, 4) is 0 Å². The van der Waals surface area contributed by atoms with Gasteiger partial charge in [0.1, 0.15) is 0 Å². The number of hydrogen-bond acceptors (Lipinski definition) is 3. The first-order valence-corrected chi connectivity index (χ1v) is 10.5. The van der Waals surface area contributed by atoms with Crippen LogP contribution in [0.4, 0.5) is 0 Å². The Bertz CT molecular complexity index is 599. The van der Waals surface area contributed by atoms with E-state index in [0.29, 0.717) is 18.1 Å². The van der Waals surface area contributed by atoms with Gasteiger partial charge in [-0.15, -0.1) is 0 Å². The Morgan fingerprint density at radius 2 is 1.65 bits per heavy atom. The lowest BCUT2D eigenvalue weighted by molar-refractivity contribution is -0.125. The van der Waals surface area contributed by atoms with Gasteiger partial charge in [0.25, 0.3) is 0 Å². The zero-order valence-electron chi connectivity index (χ0n) is 16.0. The molecule has 0 bridgehead atoms. The molecule has 2 fully saturated rings. The van der Waals surface area contributed by atoms with E-state index in [4.69, 9.17) is 0 Å². The van der Waals surface area contributed by atoms with Gasteiger partial charge in [-0.25, -0.2) is 0 Å². The molecule has 0 aromatic heterocycles. The molecule has 1 amide bonds. The number of benzene rings is 1. The highest BCUT2D eigenvalue weighted by Gasteiger charge is 2.42. The molecule has 4 nitrogen and oxygen atoms in total. The molecule has 4 rings (SSSR count). The van der Waals surface area contributed by atoms with Crippen LogP contribution in [0, 0.1) is 0 Å². The fraction of sp³-hybridized carbons (Fsp3) is 0.682. The fourth-order valence-electron chi connectivity index (χ4n) is 5.36. The topological polar surface area (TPSA) is 44.4 Å². The zero-order valence-corrected chi connectivity index (χ0v) is 16.0. The number of nitrogens with zero attached hydrogens (tertiary/aromatic N) is 1. The van der Waals surface area contributed by atoms with Crippen LogP contribution in [0.1, 0.15) is 56.1 Å². The van der Waals surface area contributed by atoms with Crippen molar-refractivity contribution in [3.63, 3.8) is 0 Å². The van der Waals surface area contributed by atoms with Crippen LogP contribution in [-0.4, -0.2) is 48.6 Å². The number of rotatable bonds is 4. The van der Waals surface area contributed by atoms with Crippen LogP contribution in [0.15, 0.2) is 24.3 Å². The summed E-state index contributed by atoms with van der Waals surface area (Å²) in [5.74, 6) is 0.186. The van der Waals surface area contributed by atoms with Gasteiger partial charge < -0.3 is 10.6 Å². The molecule has 3 aliphatic rings. The number of nitrogens with one attached hydrogen (secondary N) is 2. The molecule has 2 aliphatic carbocycles. The summed E-state index contributed by atoms with van der Waals surface area (Å²) >= 11 is 0. The van der Waals surface area contributed by atoms with Gasteiger partial charge in [-0.3, -0.25) is 9.69 Å². The van der Waals surface area contributed by atoms with E-state index in [1.807, 2.05) is 0 Å². The second-order valence-corrected chi connectivity index (χ2v) is 8.45. The highest BCUT2D eigenvalue weighted by Crippen LogP contribution is 2.31. The smallest absolute Gasteiger partial charge is 0.237 e. The van der Waals surface area contributed by atoms with E-state index in [1.165, 1.54) is 49.7 Å². The number of amides is 1. The van der Waals surface area contributed by atoms with Gasteiger partial charge >= 0.3 is 0 Å². The molecule has 0 unspecified atom stereocenters. The molecule has 2 N–H and O–H groups in total. The molecule has 2 atom stereocenters. The number of likely N-dealkylation sites (tertiary alicyclic amines) is 1. The number of likely N-dealkylation sites (N-methyl/N-ethyl adjacent to an activating group) is 1. The highest BCUT2D eigenvalue weighted by atomic mass is 16.2. The highest BCUT2D eigenvalue weighted by molar-refractivity contribution is 5.82. The molecule has 1 aromatic carbocycles. The number of carbonyl (C=O) groups excluding carboxylic acids is 1. The minimum Gasteiger partial charge on any atom is -0.358 e. The van der Waals surface area contributed by atoms with Crippen LogP contribution in [0.25, 0.3) is 0 Å². The second-order valence-electron chi connectivity index (χ2n) is 8.45. The van der Waals surface area contributed by atoms with E-state index in [1.54, 1.807) is 7.05 Å². The average Bonchev–Trinajstić information content (AvgIpc) is 3.18. The molecule has 142 valence electrons. The number of hydrogen-bond donors (Lipinski definition) is 2. The van der Waals surface area contributed by atoms with Crippen molar-refractivity contribution in [1.82, 2.24) is 15.5 Å². The van der Waals surface area contributed by atoms with E-state index in [2.05, 4.69) is 39.8 Å². The maximum Gasteiger partial charge on any atom is 0.237 e. The fourth-order valence-corrected chi connectivity index (χ4v) is 5.36. The standard InChI is InChI=1S/C22H33N3O/c1-23-22(26)21-14-19(24-18-10-4-2-3-5-11-18)15-25(21)20-12-16-8-6-7-9-17(16)13-20/h6-9,18-21,24H,2-5,10-15H2,1H3,(H,23,26)/t19-,21+/m1/s1. The summed E-state index contributed by atoms with van der Waals surface area (Å²) in [6.07, 6.45) is 11.2. The van der Waals surface area contributed by atoms with Gasteiger partial charge in [0.15, 0.2) is 0 Å². The first-order valence-electron chi connectivity index (χ1n) is 10.5. The SMILES string of the molecule is CNC(=O)[C@@H]1C[C@@H](NC2CCCCCC2)CN1C1Cc2ccccc2C1. The van der Waals surface area contributed by atoms with Gasteiger partial charge in [-0.1, -0.05) is 49.9 Å². The van der Waals surface area contributed by atoms with Crippen LogP contribution < -0.4 is 10.6 Å². The molecule has 1 saturated heterocycles. The summed E-state index contributed by atoms with van der Waals surface area (Å²) in [5, 5.41) is 6.83. The molecule has 0 spiro atoms. The van der Waals surface area contributed by atoms with Crippen LogP contribution in [-0.2, 0) is 17.6 Å². The minimum absolute atomic E-state index is 0.0163. The molecule has 26 heavy (non-hydrogen) atoms. The first-order chi connectivity index (χ1) is 12.7. The Morgan fingerprint density at radius 1 is 1.00 bits per heavy atom. The number of fused-ring (bicyclic) bond motifs is 1.